The van der Waals surface area contributed by atoms with Gasteiger partial charge in [-0.15, -0.1) is 0 Å². The summed E-state index contributed by atoms with van der Waals surface area (Å²) in [7, 11) is 3.46. The molecule has 1 N–H and O–H groups in total. The Labute approximate surface area is 105 Å². The highest BCUT2D eigenvalue weighted by atomic mass is 35.5. The summed E-state index contributed by atoms with van der Waals surface area (Å²) in [6.07, 6.45) is 3.42. The molecular weight excluding hydrogens is 240 g/mol. The van der Waals surface area contributed by atoms with Gasteiger partial charge in [-0.2, -0.15) is 0 Å². The number of methoxy groups -OCH3 is 1. The number of aromatic nitrogens is 1. The molecule has 0 amide bonds. The lowest BCUT2D eigenvalue weighted by Gasteiger charge is -2.14. The third kappa shape index (κ3) is 2.60. The standard InChI is InChI=1S/C12H13ClN2O2/c1-14-12(10-3-4-11(13)17-10)8-5-9(16-2)7-15-6-8/h3-7,12,14H,1-2H3. The smallest absolute Gasteiger partial charge is 0.193 e. The quantitative estimate of drug-likeness (QED) is 0.909. The summed E-state index contributed by atoms with van der Waals surface area (Å²) >= 11 is 5.77. The first-order valence-corrected chi connectivity index (χ1v) is 5.54. The molecule has 0 saturated heterocycles. The van der Waals surface area contributed by atoms with Crippen LogP contribution in [0.5, 0.6) is 5.75 Å². The van der Waals surface area contributed by atoms with E-state index in [2.05, 4.69) is 10.3 Å². The second-order valence-corrected chi connectivity index (χ2v) is 3.89. The summed E-state index contributed by atoms with van der Waals surface area (Å²) in [5.74, 6) is 1.45. The van der Waals surface area contributed by atoms with Crippen molar-refractivity contribution in [3.05, 3.63) is 47.1 Å². The largest absolute Gasteiger partial charge is 0.495 e. The van der Waals surface area contributed by atoms with Crippen LogP contribution < -0.4 is 10.1 Å². The van der Waals surface area contributed by atoms with Crippen molar-refractivity contribution in [1.29, 1.82) is 0 Å². The van der Waals surface area contributed by atoms with E-state index >= 15 is 0 Å². The Morgan fingerprint density at radius 3 is 2.82 bits per heavy atom. The van der Waals surface area contributed by atoms with Gasteiger partial charge in [0, 0.05) is 6.20 Å². The molecule has 0 bridgehead atoms. The lowest BCUT2D eigenvalue weighted by molar-refractivity contribution is 0.410. The summed E-state index contributed by atoms with van der Waals surface area (Å²) in [4.78, 5) is 4.12. The summed E-state index contributed by atoms with van der Waals surface area (Å²) in [5, 5.41) is 3.52. The number of hydrogen-bond acceptors (Lipinski definition) is 4. The molecule has 0 aromatic carbocycles. The van der Waals surface area contributed by atoms with Gasteiger partial charge in [0.2, 0.25) is 0 Å². The molecule has 0 aliphatic rings. The molecule has 2 aromatic heterocycles. The normalized spacial score (nSPS) is 12.4. The zero-order chi connectivity index (χ0) is 12.3. The van der Waals surface area contributed by atoms with E-state index in [1.54, 1.807) is 25.6 Å². The molecule has 2 rings (SSSR count). The van der Waals surface area contributed by atoms with Crippen LogP contribution in [0.3, 0.4) is 0 Å². The van der Waals surface area contributed by atoms with E-state index in [1.807, 2.05) is 19.2 Å². The Balaban J connectivity index is 2.34. The molecule has 2 aromatic rings. The van der Waals surface area contributed by atoms with Crippen molar-refractivity contribution in [3.8, 4) is 5.75 Å². The highest BCUT2D eigenvalue weighted by molar-refractivity contribution is 6.28. The highest BCUT2D eigenvalue weighted by Gasteiger charge is 2.16. The first kappa shape index (κ1) is 12.0. The summed E-state index contributed by atoms with van der Waals surface area (Å²) in [6.45, 7) is 0. The Morgan fingerprint density at radius 1 is 1.41 bits per heavy atom. The van der Waals surface area contributed by atoms with Gasteiger partial charge < -0.3 is 14.5 Å². The molecule has 0 aliphatic heterocycles. The van der Waals surface area contributed by atoms with E-state index in [0.717, 1.165) is 11.3 Å². The Morgan fingerprint density at radius 2 is 2.24 bits per heavy atom. The monoisotopic (exact) mass is 252 g/mol. The van der Waals surface area contributed by atoms with Crippen LogP contribution in [0.2, 0.25) is 5.22 Å². The SMILES string of the molecule is CNC(c1cncc(OC)c1)c1ccc(Cl)o1. The number of hydrogen-bond donors (Lipinski definition) is 1. The first-order valence-electron chi connectivity index (χ1n) is 5.16. The van der Waals surface area contributed by atoms with E-state index in [9.17, 15) is 0 Å². The average molecular weight is 253 g/mol. The Hall–Kier alpha value is -1.52. The van der Waals surface area contributed by atoms with Gasteiger partial charge in [0.15, 0.2) is 5.22 Å². The van der Waals surface area contributed by atoms with E-state index < -0.39 is 0 Å². The summed E-state index contributed by atoms with van der Waals surface area (Å²) in [5.41, 5.74) is 0.956. The predicted octanol–water partition coefficient (Wildman–Crippen LogP) is 2.65. The van der Waals surface area contributed by atoms with Crippen molar-refractivity contribution in [1.82, 2.24) is 10.3 Å². The van der Waals surface area contributed by atoms with Gasteiger partial charge in [0.25, 0.3) is 0 Å². The lowest BCUT2D eigenvalue weighted by atomic mass is 10.1. The number of rotatable bonds is 4. The van der Waals surface area contributed by atoms with E-state index in [1.165, 1.54) is 0 Å². The molecule has 17 heavy (non-hydrogen) atoms. The third-order valence-corrected chi connectivity index (χ3v) is 2.67. The number of nitrogens with one attached hydrogen (secondary N) is 1. The van der Waals surface area contributed by atoms with Crippen LogP contribution in [0.1, 0.15) is 17.4 Å². The summed E-state index contributed by atoms with van der Waals surface area (Å²) in [6, 6.07) is 5.37. The maximum absolute atomic E-state index is 5.77. The fraction of sp³-hybridized carbons (Fsp3) is 0.250. The molecule has 2 heterocycles. The van der Waals surface area contributed by atoms with Gasteiger partial charge in [-0.3, -0.25) is 4.98 Å². The molecule has 1 unspecified atom stereocenters. The third-order valence-electron chi connectivity index (χ3n) is 2.47. The minimum atomic E-state index is -0.0925. The second kappa shape index (κ2) is 5.21. The predicted molar refractivity (Wildman–Crippen MR) is 65.4 cm³/mol. The van der Waals surface area contributed by atoms with Crippen molar-refractivity contribution in [2.24, 2.45) is 0 Å². The van der Waals surface area contributed by atoms with Crippen LogP contribution in [0.25, 0.3) is 0 Å². The number of furan rings is 1. The molecule has 4 nitrogen and oxygen atoms in total. The molecule has 0 spiro atoms. The number of halogens is 1. The zero-order valence-corrected chi connectivity index (χ0v) is 10.4. The van der Waals surface area contributed by atoms with Crippen molar-refractivity contribution >= 4 is 11.6 Å². The molecular formula is C12H13ClN2O2. The minimum absolute atomic E-state index is 0.0925. The van der Waals surface area contributed by atoms with Crippen LogP contribution in [-0.2, 0) is 0 Å². The van der Waals surface area contributed by atoms with Gasteiger partial charge in [-0.05, 0) is 42.4 Å². The van der Waals surface area contributed by atoms with Crippen LogP contribution in [0, 0.1) is 0 Å². The lowest BCUT2D eigenvalue weighted by Crippen LogP contribution is -2.17. The zero-order valence-electron chi connectivity index (χ0n) is 9.61. The van der Waals surface area contributed by atoms with Crippen molar-refractivity contribution in [3.63, 3.8) is 0 Å². The molecule has 0 aliphatic carbocycles. The Bertz CT molecular complexity index is 499. The fourth-order valence-corrected chi connectivity index (χ4v) is 1.81. The van der Waals surface area contributed by atoms with Crippen molar-refractivity contribution < 1.29 is 9.15 Å². The van der Waals surface area contributed by atoms with Crippen LogP contribution in [-0.4, -0.2) is 19.1 Å². The highest BCUT2D eigenvalue weighted by Crippen LogP contribution is 2.26. The Kier molecular flexibility index (Phi) is 3.66. The van der Waals surface area contributed by atoms with Crippen LogP contribution in [0.15, 0.2) is 35.0 Å². The van der Waals surface area contributed by atoms with Crippen molar-refractivity contribution in [2.75, 3.05) is 14.2 Å². The van der Waals surface area contributed by atoms with Gasteiger partial charge in [0.05, 0.1) is 19.3 Å². The molecule has 1 atom stereocenters. The molecule has 0 saturated carbocycles. The van der Waals surface area contributed by atoms with Gasteiger partial charge in [-0.1, -0.05) is 0 Å². The maximum atomic E-state index is 5.77. The molecule has 0 radical (unpaired) electrons. The van der Waals surface area contributed by atoms with Crippen molar-refractivity contribution in [2.45, 2.75) is 6.04 Å². The molecule has 5 heteroatoms. The number of ether oxygens (including phenoxy) is 1. The number of pyridine rings is 1. The summed E-state index contributed by atoms with van der Waals surface area (Å²) < 4.78 is 10.5. The first-order chi connectivity index (χ1) is 8.24. The van der Waals surface area contributed by atoms with Gasteiger partial charge in [-0.25, -0.2) is 0 Å². The topological polar surface area (TPSA) is 47.3 Å². The minimum Gasteiger partial charge on any atom is -0.495 e. The van der Waals surface area contributed by atoms with E-state index in [0.29, 0.717) is 11.0 Å². The van der Waals surface area contributed by atoms with Crippen LogP contribution >= 0.6 is 11.6 Å². The van der Waals surface area contributed by atoms with Gasteiger partial charge >= 0.3 is 0 Å². The second-order valence-electron chi connectivity index (χ2n) is 3.52. The fourth-order valence-electron chi connectivity index (χ4n) is 1.66. The molecule has 0 fully saturated rings. The number of nitrogens with zero attached hydrogens (tertiary/aromatic N) is 1. The average Bonchev–Trinajstić information content (AvgIpc) is 2.77. The van der Waals surface area contributed by atoms with Crippen LogP contribution in [0.4, 0.5) is 0 Å². The van der Waals surface area contributed by atoms with E-state index in [-0.39, 0.29) is 6.04 Å². The van der Waals surface area contributed by atoms with E-state index in [4.69, 9.17) is 20.8 Å². The van der Waals surface area contributed by atoms with Gasteiger partial charge in [0.1, 0.15) is 11.5 Å². The molecule has 90 valence electrons. The maximum Gasteiger partial charge on any atom is 0.193 e.